The van der Waals surface area contributed by atoms with E-state index in [0.717, 1.165) is 22.4 Å². The first-order chi connectivity index (χ1) is 14.7. The third-order valence-electron chi connectivity index (χ3n) is 5.58. The monoisotopic (exact) mass is 444 g/mol. The van der Waals surface area contributed by atoms with Crippen molar-refractivity contribution in [3.05, 3.63) is 65.2 Å². The Balaban J connectivity index is 1.47. The van der Waals surface area contributed by atoms with Gasteiger partial charge in [0.15, 0.2) is 0 Å². The highest BCUT2D eigenvalue weighted by Gasteiger charge is 2.31. The van der Waals surface area contributed by atoms with E-state index in [1.807, 2.05) is 69.3 Å². The Kier molecular flexibility index (Phi) is 7.73. The van der Waals surface area contributed by atoms with Gasteiger partial charge in [-0.2, -0.15) is 0 Å². The van der Waals surface area contributed by atoms with Gasteiger partial charge in [0.2, 0.25) is 15.9 Å². The smallest absolute Gasteiger partial charge is 0.223 e. The minimum atomic E-state index is -3.39. The molecule has 1 amide bonds. The number of hydrogen-bond acceptors (Lipinski definition) is 4. The van der Waals surface area contributed by atoms with E-state index in [9.17, 15) is 13.2 Å². The maximum atomic E-state index is 12.8. The zero-order valence-corrected chi connectivity index (χ0v) is 19.3. The van der Waals surface area contributed by atoms with Gasteiger partial charge in [0.05, 0.1) is 11.9 Å². The number of nitrogens with one attached hydrogen (secondary N) is 1. The molecule has 0 unspecified atom stereocenters. The highest BCUT2D eigenvalue weighted by atomic mass is 32.2. The van der Waals surface area contributed by atoms with Crippen molar-refractivity contribution < 1.29 is 17.9 Å². The van der Waals surface area contributed by atoms with Crippen LogP contribution in [0, 0.1) is 12.8 Å². The van der Waals surface area contributed by atoms with Crippen LogP contribution in [0.2, 0.25) is 0 Å². The molecule has 0 bridgehead atoms. The molecule has 168 valence electrons. The average Bonchev–Trinajstić information content (AvgIpc) is 2.74. The molecule has 0 atom stereocenters. The predicted octanol–water partition coefficient (Wildman–Crippen LogP) is 3.64. The predicted molar refractivity (Wildman–Crippen MR) is 122 cm³/mol. The lowest BCUT2D eigenvalue weighted by molar-refractivity contribution is -0.126. The van der Waals surface area contributed by atoms with Crippen molar-refractivity contribution in [2.75, 3.05) is 13.1 Å². The van der Waals surface area contributed by atoms with Crippen molar-refractivity contribution >= 4 is 15.9 Å². The fourth-order valence-electron chi connectivity index (χ4n) is 3.75. The third kappa shape index (κ3) is 6.55. The van der Waals surface area contributed by atoms with Gasteiger partial charge in [-0.1, -0.05) is 36.4 Å². The van der Waals surface area contributed by atoms with Crippen LogP contribution in [0.25, 0.3) is 0 Å². The number of carbonyl (C=O) groups is 1. The number of rotatable bonds is 8. The molecule has 1 N–H and O–H groups in total. The Morgan fingerprint density at radius 2 is 1.74 bits per heavy atom. The first-order valence-corrected chi connectivity index (χ1v) is 12.4. The van der Waals surface area contributed by atoms with E-state index in [2.05, 4.69) is 5.32 Å². The van der Waals surface area contributed by atoms with Crippen LogP contribution in [-0.4, -0.2) is 37.8 Å². The molecule has 0 radical (unpaired) electrons. The zero-order chi connectivity index (χ0) is 22.4. The molecule has 2 aromatic rings. The molecule has 0 aliphatic carbocycles. The van der Waals surface area contributed by atoms with Gasteiger partial charge in [0, 0.05) is 25.6 Å². The lowest BCUT2D eigenvalue weighted by atomic mass is 9.97. The number of sulfonamides is 1. The topological polar surface area (TPSA) is 75.7 Å². The van der Waals surface area contributed by atoms with Crippen molar-refractivity contribution in [2.24, 2.45) is 5.92 Å². The summed E-state index contributed by atoms with van der Waals surface area (Å²) in [4.78, 5) is 12.6. The number of hydrogen-bond donors (Lipinski definition) is 1. The van der Waals surface area contributed by atoms with Gasteiger partial charge < -0.3 is 10.1 Å². The van der Waals surface area contributed by atoms with Gasteiger partial charge in [-0.3, -0.25) is 4.79 Å². The number of carbonyl (C=O) groups excluding carboxylic acids is 1. The standard InChI is InChI=1S/C24H32N2O4S/c1-18(2)30-23-10-8-20(9-11-23)16-25-24(27)21-12-14-26(15-13-21)31(28,29)17-22-7-5-4-6-19(22)3/h4-11,18,21H,12-17H2,1-3H3,(H,25,27). The molecule has 1 fully saturated rings. The van der Waals surface area contributed by atoms with Crippen LogP contribution >= 0.6 is 0 Å². The van der Waals surface area contributed by atoms with E-state index < -0.39 is 10.0 Å². The van der Waals surface area contributed by atoms with E-state index in [4.69, 9.17) is 4.74 Å². The molecule has 1 aliphatic heterocycles. The molecule has 0 spiro atoms. The number of benzene rings is 2. The van der Waals surface area contributed by atoms with Crippen LogP contribution in [0.1, 0.15) is 43.4 Å². The highest BCUT2D eigenvalue weighted by Crippen LogP contribution is 2.23. The van der Waals surface area contributed by atoms with Crippen LogP contribution in [-0.2, 0) is 27.1 Å². The van der Waals surface area contributed by atoms with Gasteiger partial charge in [0.1, 0.15) is 5.75 Å². The van der Waals surface area contributed by atoms with Gasteiger partial charge in [-0.05, 0) is 62.4 Å². The second-order valence-electron chi connectivity index (χ2n) is 8.38. The number of nitrogens with zero attached hydrogens (tertiary/aromatic N) is 1. The Labute approximate surface area is 185 Å². The third-order valence-corrected chi connectivity index (χ3v) is 7.41. The Morgan fingerprint density at radius 3 is 2.35 bits per heavy atom. The molecule has 6 nitrogen and oxygen atoms in total. The van der Waals surface area contributed by atoms with Crippen molar-refractivity contribution in [2.45, 2.75) is 52.0 Å². The van der Waals surface area contributed by atoms with Crippen LogP contribution in [0.5, 0.6) is 5.75 Å². The first-order valence-electron chi connectivity index (χ1n) is 10.8. The molecular weight excluding hydrogens is 412 g/mol. The molecule has 1 heterocycles. The molecule has 1 aliphatic rings. The van der Waals surface area contributed by atoms with Crippen LogP contribution < -0.4 is 10.1 Å². The van der Waals surface area contributed by atoms with Crippen LogP contribution in [0.15, 0.2) is 48.5 Å². The summed E-state index contributed by atoms with van der Waals surface area (Å²) in [5.74, 6) is 0.642. The fourth-order valence-corrected chi connectivity index (χ4v) is 5.41. The van der Waals surface area contributed by atoms with E-state index >= 15 is 0 Å². The summed E-state index contributed by atoms with van der Waals surface area (Å²) < 4.78 is 32.8. The SMILES string of the molecule is Cc1ccccc1CS(=O)(=O)N1CCC(C(=O)NCc2ccc(OC(C)C)cc2)CC1. The summed E-state index contributed by atoms with van der Waals surface area (Å²) in [6.07, 6.45) is 1.21. The molecular formula is C24H32N2O4S. The van der Waals surface area contributed by atoms with Crippen LogP contribution in [0.4, 0.5) is 0 Å². The Bertz CT molecular complexity index is 979. The van der Waals surface area contributed by atoms with E-state index in [1.54, 1.807) is 0 Å². The largest absolute Gasteiger partial charge is 0.491 e. The molecule has 1 saturated heterocycles. The molecule has 3 rings (SSSR count). The summed E-state index contributed by atoms with van der Waals surface area (Å²) in [5.41, 5.74) is 2.80. The highest BCUT2D eigenvalue weighted by molar-refractivity contribution is 7.88. The maximum Gasteiger partial charge on any atom is 0.223 e. The first kappa shape index (κ1) is 23.3. The second-order valence-corrected chi connectivity index (χ2v) is 10.4. The fraction of sp³-hybridized carbons (Fsp3) is 0.458. The normalized spacial score (nSPS) is 15.7. The van der Waals surface area contributed by atoms with E-state index in [1.165, 1.54) is 4.31 Å². The maximum absolute atomic E-state index is 12.8. The molecule has 7 heteroatoms. The second kappa shape index (κ2) is 10.3. The number of aryl methyl sites for hydroxylation is 1. The minimum Gasteiger partial charge on any atom is -0.491 e. The van der Waals surface area contributed by atoms with Gasteiger partial charge >= 0.3 is 0 Å². The lowest BCUT2D eigenvalue weighted by Crippen LogP contribution is -2.43. The van der Waals surface area contributed by atoms with E-state index in [0.29, 0.717) is 32.5 Å². The summed E-state index contributed by atoms with van der Waals surface area (Å²) >= 11 is 0. The molecule has 0 saturated carbocycles. The van der Waals surface area contributed by atoms with Crippen molar-refractivity contribution in [3.63, 3.8) is 0 Å². The van der Waals surface area contributed by atoms with Gasteiger partial charge in [0.25, 0.3) is 0 Å². The summed E-state index contributed by atoms with van der Waals surface area (Å²) in [6.45, 7) is 7.10. The molecule has 2 aromatic carbocycles. The molecule has 31 heavy (non-hydrogen) atoms. The van der Waals surface area contributed by atoms with Crippen molar-refractivity contribution in [1.82, 2.24) is 9.62 Å². The lowest BCUT2D eigenvalue weighted by Gasteiger charge is -2.30. The number of piperidine rings is 1. The van der Waals surface area contributed by atoms with Gasteiger partial charge in [-0.15, -0.1) is 0 Å². The average molecular weight is 445 g/mol. The Morgan fingerprint density at radius 1 is 1.10 bits per heavy atom. The van der Waals surface area contributed by atoms with Gasteiger partial charge in [-0.25, -0.2) is 12.7 Å². The minimum absolute atomic E-state index is 0.00700. The van der Waals surface area contributed by atoms with Crippen molar-refractivity contribution in [1.29, 1.82) is 0 Å². The number of amides is 1. The summed E-state index contributed by atoms with van der Waals surface area (Å²) in [6, 6.07) is 15.2. The quantitative estimate of drug-likeness (QED) is 0.675. The molecule has 0 aromatic heterocycles. The van der Waals surface area contributed by atoms with Crippen LogP contribution in [0.3, 0.4) is 0 Å². The Hall–Kier alpha value is -2.38. The van der Waals surface area contributed by atoms with E-state index in [-0.39, 0.29) is 23.7 Å². The summed E-state index contributed by atoms with van der Waals surface area (Å²) in [7, 11) is -3.39. The zero-order valence-electron chi connectivity index (χ0n) is 18.5. The number of ether oxygens (including phenoxy) is 1. The summed E-state index contributed by atoms with van der Waals surface area (Å²) in [5, 5.41) is 2.98. The van der Waals surface area contributed by atoms with Crippen molar-refractivity contribution in [3.8, 4) is 5.75 Å².